The zero-order valence-corrected chi connectivity index (χ0v) is 12.6. The van der Waals surface area contributed by atoms with Gasteiger partial charge < -0.3 is 5.73 Å². The lowest BCUT2D eigenvalue weighted by molar-refractivity contribution is 0.177. The summed E-state index contributed by atoms with van der Waals surface area (Å²) in [5.41, 5.74) is 10.4. The van der Waals surface area contributed by atoms with Gasteiger partial charge >= 0.3 is 0 Å². The van der Waals surface area contributed by atoms with Gasteiger partial charge in [0.1, 0.15) is 5.82 Å². The zero-order chi connectivity index (χ0) is 13.7. The van der Waals surface area contributed by atoms with E-state index in [1.54, 1.807) is 0 Å². The van der Waals surface area contributed by atoms with Crippen molar-refractivity contribution in [2.45, 2.75) is 54.2 Å². The minimum Gasteiger partial charge on any atom is -0.383 e. The Bertz CT molecular complexity index is 462. The molecule has 1 aromatic rings. The normalized spacial score (nSPS) is 21.3. The molecular weight excluding hydrogens is 219 g/mol. The van der Waals surface area contributed by atoms with Crippen LogP contribution < -0.4 is 11.2 Å². The first kappa shape index (κ1) is 13.4. The second-order valence-electron chi connectivity index (χ2n) is 7.24. The highest BCUT2D eigenvalue weighted by atomic mass is 14.8. The summed E-state index contributed by atoms with van der Waals surface area (Å²) in [6.45, 7) is 14.3. The molecule has 2 heterocycles. The van der Waals surface area contributed by atoms with Gasteiger partial charge in [0.15, 0.2) is 6.71 Å². The number of nitrogens with zero attached hydrogens (tertiary/aromatic N) is 1. The number of nitrogen functional groups attached to an aromatic ring is 1. The first-order valence-electron chi connectivity index (χ1n) is 6.88. The van der Waals surface area contributed by atoms with Crippen LogP contribution >= 0.6 is 0 Å². The van der Waals surface area contributed by atoms with Gasteiger partial charge in [0.05, 0.1) is 0 Å². The van der Waals surface area contributed by atoms with Crippen LogP contribution in [0.5, 0.6) is 0 Å². The fourth-order valence-electron chi connectivity index (χ4n) is 3.29. The highest BCUT2D eigenvalue weighted by Crippen LogP contribution is 2.52. The number of pyridine rings is 1. The van der Waals surface area contributed by atoms with E-state index in [0.29, 0.717) is 23.4 Å². The summed E-state index contributed by atoms with van der Waals surface area (Å²) < 4.78 is 0. The standard InChI is InChI=1S/C15H25BN2/c1-10-7-12(11(2)13(17)18-10)16-8-14(3,4)15(5,6)9-16/h7H,8-9H2,1-6H3,(H2,17,18). The van der Waals surface area contributed by atoms with Gasteiger partial charge in [0.25, 0.3) is 0 Å². The van der Waals surface area contributed by atoms with E-state index in [-0.39, 0.29) is 0 Å². The maximum absolute atomic E-state index is 6.01. The number of anilines is 1. The molecule has 0 aromatic carbocycles. The van der Waals surface area contributed by atoms with Gasteiger partial charge in [0.2, 0.25) is 0 Å². The van der Waals surface area contributed by atoms with Crippen molar-refractivity contribution in [3.63, 3.8) is 0 Å². The monoisotopic (exact) mass is 244 g/mol. The van der Waals surface area contributed by atoms with E-state index in [0.717, 1.165) is 5.69 Å². The predicted octanol–water partition coefficient (Wildman–Crippen LogP) is 3.05. The number of aromatic nitrogens is 1. The lowest BCUT2D eigenvalue weighted by atomic mass is 9.41. The van der Waals surface area contributed by atoms with Crippen LogP contribution in [0.2, 0.25) is 12.6 Å². The van der Waals surface area contributed by atoms with Gasteiger partial charge in [-0.15, -0.1) is 0 Å². The molecule has 3 heteroatoms. The van der Waals surface area contributed by atoms with Crippen LogP contribution in [-0.4, -0.2) is 11.7 Å². The molecule has 1 fully saturated rings. The molecule has 98 valence electrons. The van der Waals surface area contributed by atoms with Gasteiger partial charge in [-0.2, -0.15) is 0 Å². The van der Waals surface area contributed by atoms with E-state index in [9.17, 15) is 0 Å². The molecule has 1 aromatic heterocycles. The van der Waals surface area contributed by atoms with E-state index in [4.69, 9.17) is 5.73 Å². The van der Waals surface area contributed by atoms with E-state index < -0.39 is 0 Å². The third-order valence-electron chi connectivity index (χ3n) is 5.26. The molecule has 2 N–H and O–H groups in total. The van der Waals surface area contributed by atoms with Crippen LogP contribution in [0.1, 0.15) is 39.0 Å². The minimum absolute atomic E-state index is 0.385. The van der Waals surface area contributed by atoms with Crippen LogP contribution in [0.4, 0.5) is 5.82 Å². The van der Waals surface area contributed by atoms with E-state index in [1.165, 1.54) is 23.7 Å². The van der Waals surface area contributed by atoms with E-state index in [1.807, 2.05) is 6.92 Å². The second-order valence-corrected chi connectivity index (χ2v) is 7.24. The fourth-order valence-corrected chi connectivity index (χ4v) is 3.29. The Balaban J connectivity index is 2.41. The SMILES string of the molecule is Cc1cc(B2CC(C)(C)C(C)(C)C2)c(C)c(N)n1. The molecule has 0 amide bonds. The Kier molecular flexibility index (Phi) is 2.99. The molecule has 0 atom stereocenters. The second kappa shape index (κ2) is 4.01. The molecule has 0 spiro atoms. The summed E-state index contributed by atoms with van der Waals surface area (Å²) in [7, 11) is 0. The maximum atomic E-state index is 6.01. The number of aryl methyl sites for hydroxylation is 1. The topological polar surface area (TPSA) is 38.9 Å². The van der Waals surface area contributed by atoms with Crippen molar-refractivity contribution in [2.24, 2.45) is 10.8 Å². The van der Waals surface area contributed by atoms with Crippen LogP contribution in [-0.2, 0) is 0 Å². The lowest BCUT2D eigenvalue weighted by Gasteiger charge is -2.35. The first-order valence-corrected chi connectivity index (χ1v) is 6.88. The van der Waals surface area contributed by atoms with Crippen LogP contribution in [0.3, 0.4) is 0 Å². The van der Waals surface area contributed by atoms with Crippen molar-refractivity contribution < 1.29 is 0 Å². The predicted molar refractivity (Wildman–Crippen MR) is 80.7 cm³/mol. The van der Waals surface area contributed by atoms with Crippen molar-refractivity contribution in [1.29, 1.82) is 0 Å². The highest BCUT2D eigenvalue weighted by Gasteiger charge is 2.48. The summed E-state index contributed by atoms with van der Waals surface area (Å²) in [6.07, 6.45) is 2.48. The van der Waals surface area contributed by atoms with E-state index in [2.05, 4.69) is 45.7 Å². The maximum Gasteiger partial charge on any atom is 0.177 e. The molecule has 18 heavy (non-hydrogen) atoms. The molecule has 1 aliphatic heterocycles. The van der Waals surface area contributed by atoms with Crippen molar-refractivity contribution in [1.82, 2.24) is 4.98 Å². The summed E-state index contributed by atoms with van der Waals surface area (Å²) in [5.74, 6) is 0.701. The van der Waals surface area contributed by atoms with Crippen LogP contribution in [0.15, 0.2) is 6.07 Å². The van der Waals surface area contributed by atoms with Gasteiger partial charge in [-0.05, 0) is 36.3 Å². The average Bonchev–Trinajstić information content (AvgIpc) is 2.42. The Hall–Kier alpha value is -0.985. The van der Waals surface area contributed by atoms with Crippen molar-refractivity contribution >= 4 is 18.0 Å². The molecule has 0 aliphatic carbocycles. The molecule has 1 saturated heterocycles. The largest absolute Gasteiger partial charge is 0.383 e. The highest BCUT2D eigenvalue weighted by molar-refractivity contribution is 6.74. The third kappa shape index (κ3) is 2.04. The minimum atomic E-state index is 0.385. The van der Waals surface area contributed by atoms with Gasteiger partial charge in [-0.3, -0.25) is 0 Å². The smallest absolute Gasteiger partial charge is 0.177 e. The molecule has 0 bridgehead atoms. The number of rotatable bonds is 1. The van der Waals surface area contributed by atoms with Crippen molar-refractivity contribution in [3.8, 4) is 0 Å². The fraction of sp³-hybridized carbons (Fsp3) is 0.667. The average molecular weight is 244 g/mol. The molecule has 0 saturated carbocycles. The molecule has 1 aliphatic rings. The molecular formula is C15H25BN2. The number of hydrogen-bond donors (Lipinski definition) is 1. The molecule has 0 radical (unpaired) electrons. The van der Waals surface area contributed by atoms with E-state index >= 15 is 0 Å². The lowest BCUT2D eigenvalue weighted by Crippen LogP contribution is -2.31. The Morgan fingerprint density at radius 1 is 1.11 bits per heavy atom. The Morgan fingerprint density at radius 3 is 2.11 bits per heavy atom. The molecule has 2 rings (SSSR count). The first-order chi connectivity index (χ1) is 8.14. The van der Waals surface area contributed by atoms with Gasteiger partial charge in [0, 0.05) is 5.69 Å². The zero-order valence-electron chi connectivity index (χ0n) is 12.6. The summed E-state index contributed by atoms with van der Waals surface area (Å²) >= 11 is 0. The van der Waals surface area contributed by atoms with Crippen LogP contribution in [0.25, 0.3) is 0 Å². The Morgan fingerprint density at radius 2 is 1.61 bits per heavy atom. The van der Waals surface area contributed by atoms with Crippen molar-refractivity contribution in [3.05, 3.63) is 17.3 Å². The third-order valence-corrected chi connectivity index (χ3v) is 5.26. The summed E-state index contributed by atoms with van der Waals surface area (Å²) in [6, 6.07) is 2.23. The number of hydrogen-bond acceptors (Lipinski definition) is 2. The summed E-state index contributed by atoms with van der Waals surface area (Å²) in [4.78, 5) is 4.36. The van der Waals surface area contributed by atoms with Crippen LogP contribution in [0, 0.1) is 24.7 Å². The summed E-state index contributed by atoms with van der Waals surface area (Å²) in [5, 5.41) is 0. The number of nitrogens with two attached hydrogens (primary N) is 1. The molecule has 2 nitrogen and oxygen atoms in total. The quantitative estimate of drug-likeness (QED) is 0.771. The van der Waals surface area contributed by atoms with Gasteiger partial charge in [-0.25, -0.2) is 4.98 Å². The van der Waals surface area contributed by atoms with Gasteiger partial charge in [-0.1, -0.05) is 45.8 Å². The Labute approximate surface area is 111 Å². The van der Waals surface area contributed by atoms with Crippen molar-refractivity contribution in [2.75, 3.05) is 5.73 Å². The molecule has 0 unspecified atom stereocenters.